The summed E-state index contributed by atoms with van der Waals surface area (Å²) in [6, 6.07) is 13.8. The van der Waals surface area contributed by atoms with Crippen LogP contribution in [0.15, 0.2) is 46.9 Å². The Bertz CT molecular complexity index is 613. The molecule has 2 aromatic carbocycles. The fourth-order valence-corrected chi connectivity index (χ4v) is 2.32. The molecule has 98 valence electrons. The van der Waals surface area contributed by atoms with Crippen molar-refractivity contribution in [3.05, 3.63) is 63.6 Å². The molecule has 0 heterocycles. The van der Waals surface area contributed by atoms with E-state index in [0.29, 0.717) is 11.6 Å². The maximum absolute atomic E-state index is 5.81. The van der Waals surface area contributed by atoms with Crippen molar-refractivity contribution in [2.45, 2.75) is 13.5 Å². The van der Waals surface area contributed by atoms with E-state index in [9.17, 15) is 0 Å². The van der Waals surface area contributed by atoms with Crippen LogP contribution < -0.4 is 10.5 Å². The van der Waals surface area contributed by atoms with Crippen molar-refractivity contribution in [1.82, 2.24) is 0 Å². The maximum Gasteiger partial charge on any atom is 0.134 e. The summed E-state index contributed by atoms with van der Waals surface area (Å²) in [5.74, 6) is 0.781. The van der Waals surface area contributed by atoms with Crippen LogP contribution in [-0.2, 0) is 6.61 Å². The summed E-state index contributed by atoms with van der Waals surface area (Å²) >= 11 is 8.41. The van der Waals surface area contributed by atoms with Crippen LogP contribution in [0.2, 0.25) is 0 Å². The highest BCUT2D eigenvalue weighted by molar-refractivity contribution is 9.10. The van der Waals surface area contributed by atoms with E-state index in [1.54, 1.807) is 0 Å². The topological polar surface area (TPSA) is 35.2 Å². The first-order valence-corrected chi connectivity index (χ1v) is 7.04. The molecule has 2 nitrogen and oxygen atoms in total. The van der Waals surface area contributed by atoms with Gasteiger partial charge in [-0.3, -0.25) is 0 Å². The van der Waals surface area contributed by atoms with Gasteiger partial charge in [-0.1, -0.05) is 36.5 Å². The highest BCUT2D eigenvalue weighted by Crippen LogP contribution is 2.27. The molecule has 0 amide bonds. The van der Waals surface area contributed by atoms with Gasteiger partial charge in [0, 0.05) is 5.56 Å². The van der Waals surface area contributed by atoms with Crippen LogP contribution in [0.5, 0.6) is 5.75 Å². The van der Waals surface area contributed by atoms with Gasteiger partial charge in [0.25, 0.3) is 0 Å². The average molecular weight is 336 g/mol. The molecule has 2 N–H and O–H groups in total. The van der Waals surface area contributed by atoms with Gasteiger partial charge in [-0.25, -0.2) is 0 Å². The second-order valence-electron chi connectivity index (χ2n) is 4.22. The van der Waals surface area contributed by atoms with Crippen LogP contribution in [-0.4, -0.2) is 4.99 Å². The largest absolute Gasteiger partial charge is 0.488 e. The van der Waals surface area contributed by atoms with Crippen molar-refractivity contribution in [2.24, 2.45) is 5.73 Å². The average Bonchev–Trinajstić information content (AvgIpc) is 2.39. The van der Waals surface area contributed by atoms with Gasteiger partial charge in [0.15, 0.2) is 0 Å². The van der Waals surface area contributed by atoms with E-state index in [2.05, 4.69) is 35.0 Å². The number of benzene rings is 2. The van der Waals surface area contributed by atoms with E-state index in [-0.39, 0.29) is 0 Å². The first-order valence-electron chi connectivity index (χ1n) is 5.84. The van der Waals surface area contributed by atoms with Crippen molar-refractivity contribution >= 4 is 33.1 Å². The Balaban J connectivity index is 2.12. The highest BCUT2D eigenvalue weighted by atomic mass is 79.9. The number of hydrogen-bond acceptors (Lipinski definition) is 2. The third-order valence-corrected chi connectivity index (χ3v) is 3.72. The molecule has 2 aromatic rings. The van der Waals surface area contributed by atoms with Gasteiger partial charge in [-0.05, 0) is 52.2 Å². The number of nitrogens with two attached hydrogens (primary N) is 1. The number of thiocarbonyl (C=S) groups is 1. The Labute approximate surface area is 126 Å². The lowest BCUT2D eigenvalue weighted by Crippen LogP contribution is -2.09. The molecule has 0 aliphatic heterocycles. The lowest BCUT2D eigenvalue weighted by atomic mass is 10.1. The number of rotatable bonds is 4. The zero-order valence-electron chi connectivity index (χ0n) is 10.5. The van der Waals surface area contributed by atoms with Crippen LogP contribution in [0.4, 0.5) is 0 Å². The summed E-state index contributed by atoms with van der Waals surface area (Å²) in [4.78, 5) is 0.381. The number of aryl methyl sites for hydroxylation is 1. The van der Waals surface area contributed by atoms with Crippen LogP contribution in [0.25, 0.3) is 0 Å². The number of ether oxygens (including phenoxy) is 1. The molecule has 4 heteroatoms. The number of halogens is 1. The van der Waals surface area contributed by atoms with Crippen molar-refractivity contribution in [3.8, 4) is 5.75 Å². The number of hydrogen-bond donors (Lipinski definition) is 1. The minimum absolute atomic E-state index is 0.381. The lowest BCUT2D eigenvalue weighted by molar-refractivity contribution is 0.303. The molecule has 0 bridgehead atoms. The maximum atomic E-state index is 5.81. The minimum atomic E-state index is 0.381. The Morgan fingerprint density at radius 1 is 1.26 bits per heavy atom. The second-order valence-corrected chi connectivity index (χ2v) is 5.52. The van der Waals surface area contributed by atoms with E-state index < -0.39 is 0 Å². The molecule has 2 rings (SSSR count). The summed E-state index contributed by atoms with van der Waals surface area (Å²) in [6.45, 7) is 2.61. The standard InChI is InChI=1S/C15H14BrNOS/c1-10-4-2-3-5-12(10)9-18-14-7-6-11(15(17)19)8-13(14)16/h2-8H,9H2,1H3,(H2,17,19). The van der Waals surface area contributed by atoms with Crippen LogP contribution in [0, 0.1) is 6.92 Å². The van der Waals surface area contributed by atoms with Crippen LogP contribution >= 0.6 is 28.1 Å². The quantitative estimate of drug-likeness (QED) is 0.858. The summed E-state index contributed by atoms with van der Waals surface area (Å²) < 4.78 is 6.66. The SMILES string of the molecule is Cc1ccccc1COc1ccc(C(N)=S)cc1Br. The first kappa shape index (κ1) is 14.0. The van der Waals surface area contributed by atoms with E-state index >= 15 is 0 Å². The van der Waals surface area contributed by atoms with Gasteiger partial charge < -0.3 is 10.5 Å². The van der Waals surface area contributed by atoms with E-state index in [0.717, 1.165) is 15.8 Å². The second kappa shape index (κ2) is 6.17. The summed E-state index contributed by atoms with van der Waals surface area (Å²) in [7, 11) is 0. The smallest absolute Gasteiger partial charge is 0.134 e. The molecule has 0 aliphatic carbocycles. The minimum Gasteiger partial charge on any atom is -0.488 e. The zero-order chi connectivity index (χ0) is 13.8. The first-order chi connectivity index (χ1) is 9.08. The molecule has 0 saturated heterocycles. The Hall–Kier alpha value is -1.39. The molecule has 0 unspecified atom stereocenters. The molecule has 19 heavy (non-hydrogen) atoms. The Morgan fingerprint density at radius 2 is 2.00 bits per heavy atom. The molecule has 0 atom stereocenters. The highest BCUT2D eigenvalue weighted by Gasteiger charge is 2.05. The third kappa shape index (κ3) is 3.55. The molecule has 0 aromatic heterocycles. The molecule has 0 spiro atoms. The fourth-order valence-electron chi connectivity index (χ4n) is 1.70. The predicted molar refractivity (Wildman–Crippen MR) is 85.5 cm³/mol. The van der Waals surface area contributed by atoms with Crippen molar-refractivity contribution in [1.29, 1.82) is 0 Å². The van der Waals surface area contributed by atoms with E-state index in [1.807, 2.05) is 30.3 Å². The van der Waals surface area contributed by atoms with Gasteiger partial charge in [0.05, 0.1) is 4.47 Å². The van der Waals surface area contributed by atoms with Crippen molar-refractivity contribution < 1.29 is 4.74 Å². The predicted octanol–water partition coefficient (Wildman–Crippen LogP) is 3.97. The van der Waals surface area contributed by atoms with Crippen molar-refractivity contribution in [2.75, 3.05) is 0 Å². The monoisotopic (exact) mass is 335 g/mol. The Morgan fingerprint density at radius 3 is 2.63 bits per heavy atom. The van der Waals surface area contributed by atoms with Crippen LogP contribution in [0.1, 0.15) is 16.7 Å². The van der Waals surface area contributed by atoms with Crippen molar-refractivity contribution in [3.63, 3.8) is 0 Å². The van der Waals surface area contributed by atoms with E-state index in [1.165, 1.54) is 11.1 Å². The van der Waals surface area contributed by atoms with Crippen LogP contribution in [0.3, 0.4) is 0 Å². The van der Waals surface area contributed by atoms with Gasteiger partial charge in [-0.15, -0.1) is 0 Å². The summed E-state index contributed by atoms with van der Waals surface area (Å²) in [5.41, 5.74) is 8.81. The molecule has 0 saturated carbocycles. The van der Waals surface area contributed by atoms with Gasteiger partial charge in [0.2, 0.25) is 0 Å². The normalized spacial score (nSPS) is 10.2. The van der Waals surface area contributed by atoms with Gasteiger partial charge in [-0.2, -0.15) is 0 Å². The zero-order valence-corrected chi connectivity index (χ0v) is 12.9. The lowest BCUT2D eigenvalue weighted by Gasteiger charge is -2.11. The summed E-state index contributed by atoms with van der Waals surface area (Å²) in [6.07, 6.45) is 0. The Kier molecular flexibility index (Phi) is 4.56. The third-order valence-electron chi connectivity index (χ3n) is 2.86. The fraction of sp³-hybridized carbons (Fsp3) is 0.133. The molecule has 0 fully saturated rings. The summed E-state index contributed by atoms with van der Waals surface area (Å²) in [5, 5.41) is 0. The van der Waals surface area contributed by atoms with Gasteiger partial charge >= 0.3 is 0 Å². The van der Waals surface area contributed by atoms with Gasteiger partial charge in [0.1, 0.15) is 17.3 Å². The molecular weight excluding hydrogens is 322 g/mol. The van der Waals surface area contributed by atoms with E-state index in [4.69, 9.17) is 22.7 Å². The molecule has 0 aliphatic rings. The molecular formula is C15H14BrNOS. The molecule has 0 radical (unpaired) electrons.